The van der Waals surface area contributed by atoms with Gasteiger partial charge in [-0.3, -0.25) is 24.1 Å². The first kappa shape index (κ1) is 47.5. The van der Waals surface area contributed by atoms with Gasteiger partial charge in [0, 0.05) is 34.2 Å². The van der Waals surface area contributed by atoms with Crippen LogP contribution >= 0.6 is 0 Å². The predicted molar refractivity (Wildman–Crippen MR) is 207 cm³/mol. The lowest BCUT2D eigenvalue weighted by molar-refractivity contribution is -0.147. The molecule has 0 aliphatic carbocycles. The van der Waals surface area contributed by atoms with Crippen molar-refractivity contribution in [2.24, 2.45) is 17.8 Å². The van der Waals surface area contributed by atoms with Crippen molar-refractivity contribution in [2.75, 3.05) is 48.5 Å². The van der Waals surface area contributed by atoms with Crippen LogP contribution in [0, 0.1) is 17.8 Å². The number of carbonyl (C=O) groups is 5. The number of benzene rings is 1. The number of carboxylic acid groups (broad SMARTS) is 1. The molecule has 0 saturated carbocycles. The Balaban J connectivity index is 0.00000452. The Labute approximate surface area is 318 Å². The van der Waals surface area contributed by atoms with Crippen LogP contribution in [0.2, 0.25) is 0 Å². The number of carboxylic acids is 1. The third kappa shape index (κ3) is 14.3. The number of hydrogen-bond donors (Lipinski definition) is 3. The van der Waals surface area contributed by atoms with E-state index in [2.05, 4.69) is 24.5 Å². The summed E-state index contributed by atoms with van der Waals surface area (Å²) in [5.41, 5.74) is 0.785. The molecule has 4 amide bonds. The smallest absolute Gasteiger partial charge is 0.326 e. The van der Waals surface area contributed by atoms with E-state index in [4.69, 9.17) is 9.47 Å². The Hall–Kier alpha value is -3.55. The van der Waals surface area contributed by atoms with Gasteiger partial charge < -0.3 is 35.0 Å². The van der Waals surface area contributed by atoms with E-state index >= 15 is 0 Å². The van der Waals surface area contributed by atoms with Crippen LogP contribution in [0.1, 0.15) is 86.1 Å². The maximum Gasteiger partial charge on any atom is 0.326 e. The number of rotatable bonds is 20. The fraction of sp³-hybridized carbons (Fsp3) is 0.725. The molecular weight excluding hydrogens is 678 g/mol. The summed E-state index contributed by atoms with van der Waals surface area (Å²) in [6.07, 6.45) is 2.12. The molecular formula is C40H69N5O8. The molecule has 0 spiro atoms. The zero-order valence-corrected chi connectivity index (χ0v) is 34.4. The first-order valence-electron chi connectivity index (χ1n) is 19.1. The number of hydrogen-bond acceptors (Lipinski definition) is 8. The van der Waals surface area contributed by atoms with E-state index in [1.54, 1.807) is 23.8 Å². The van der Waals surface area contributed by atoms with Gasteiger partial charge in [-0.1, -0.05) is 91.6 Å². The van der Waals surface area contributed by atoms with E-state index in [9.17, 15) is 29.1 Å². The zero-order chi connectivity index (χ0) is 40.4. The molecule has 13 nitrogen and oxygen atoms in total. The number of nitrogens with zero attached hydrogens (tertiary/aromatic N) is 3. The molecule has 1 aliphatic heterocycles. The molecule has 8 atom stereocenters. The van der Waals surface area contributed by atoms with Gasteiger partial charge >= 0.3 is 5.97 Å². The van der Waals surface area contributed by atoms with E-state index in [0.717, 1.165) is 12.0 Å². The third-order valence-corrected chi connectivity index (χ3v) is 10.1. The maximum absolute atomic E-state index is 14.0. The molecule has 0 aromatic heterocycles. The molecule has 1 aromatic rings. The lowest BCUT2D eigenvalue weighted by Crippen LogP contribution is -2.55. The minimum Gasteiger partial charge on any atom is -0.480 e. The van der Waals surface area contributed by atoms with Gasteiger partial charge in [-0.05, 0) is 44.3 Å². The lowest BCUT2D eigenvalue weighted by atomic mass is 9.90. The summed E-state index contributed by atoms with van der Waals surface area (Å²) in [6, 6.07) is 6.73. The second-order valence-corrected chi connectivity index (χ2v) is 14.8. The fourth-order valence-electron chi connectivity index (χ4n) is 7.20. The molecule has 1 aromatic carbocycles. The second-order valence-electron chi connectivity index (χ2n) is 14.8. The van der Waals surface area contributed by atoms with Gasteiger partial charge in [-0.15, -0.1) is 0 Å². The first-order chi connectivity index (χ1) is 25.0. The van der Waals surface area contributed by atoms with E-state index in [-0.39, 0.29) is 55.0 Å². The number of likely N-dealkylation sites (tertiary alicyclic amines) is 1. The van der Waals surface area contributed by atoms with Gasteiger partial charge in [0.1, 0.15) is 6.04 Å². The number of likely N-dealkylation sites (N-methyl/N-ethyl adjacent to an activating group) is 2. The van der Waals surface area contributed by atoms with Crippen molar-refractivity contribution in [3.05, 3.63) is 35.9 Å². The van der Waals surface area contributed by atoms with Crippen LogP contribution < -0.4 is 10.6 Å². The number of nitrogens with one attached hydrogen (secondary N) is 2. The monoisotopic (exact) mass is 748 g/mol. The van der Waals surface area contributed by atoms with E-state index in [0.29, 0.717) is 19.4 Å². The Morgan fingerprint density at radius 2 is 1.55 bits per heavy atom. The number of amides is 4. The minimum atomic E-state index is -1.14. The van der Waals surface area contributed by atoms with E-state index < -0.39 is 48.1 Å². The Morgan fingerprint density at radius 1 is 0.943 bits per heavy atom. The molecule has 302 valence electrons. The maximum atomic E-state index is 14.0. The van der Waals surface area contributed by atoms with Crippen LogP contribution in [0.15, 0.2) is 30.3 Å². The Morgan fingerprint density at radius 3 is 2.04 bits per heavy atom. The molecule has 53 heavy (non-hydrogen) atoms. The number of aliphatic carboxylic acids is 1. The minimum absolute atomic E-state index is 0.00276. The van der Waals surface area contributed by atoms with Gasteiger partial charge in [-0.2, -0.15) is 0 Å². The molecule has 8 unspecified atom stereocenters. The number of ether oxygens (including phenoxy) is 2. The number of carbonyl (C=O) groups excluding carboxylic acids is 4. The summed E-state index contributed by atoms with van der Waals surface area (Å²) in [5, 5.41) is 15.3. The first-order valence-corrected chi connectivity index (χ1v) is 19.1. The van der Waals surface area contributed by atoms with E-state index in [1.807, 2.05) is 77.0 Å². The summed E-state index contributed by atoms with van der Waals surface area (Å²) in [5.74, 6) is -3.02. The normalized spacial score (nSPS) is 18.2. The van der Waals surface area contributed by atoms with Gasteiger partial charge in [0.25, 0.3) is 0 Å². The summed E-state index contributed by atoms with van der Waals surface area (Å²) in [7, 11) is 8.35. The standard InChI is InChI=1S/C37H61N5O8.C3H8/c1-11-24(4)33(41(8)31(44)22-38-36(46)32(23(2)3)40(6)7)29(49-9)21-30(43)42-19-15-18-28(42)34(50-10)25(5)35(45)39-27(37(47)48)20-26-16-13-12-14-17-26;1-3-2/h12-14,16-17,23-25,27-29,32-34H,11,15,18-22H2,1-10H3,(H,38,46)(H,39,45)(H,47,48);3H2,1-2H3. The second kappa shape index (κ2) is 24.0. The molecule has 13 heteroatoms. The highest BCUT2D eigenvalue weighted by Crippen LogP contribution is 2.29. The topological polar surface area (TPSA) is 158 Å². The molecule has 0 bridgehead atoms. The summed E-state index contributed by atoms with van der Waals surface area (Å²) >= 11 is 0. The Kier molecular flexibility index (Phi) is 21.5. The third-order valence-electron chi connectivity index (χ3n) is 10.1. The fourth-order valence-corrected chi connectivity index (χ4v) is 7.20. The van der Waals surface area contributed by atoms with Crippen LogP contribution in [0.3, 0.4) is 0 Å². The van der Waals surface area contributed by atoms with Crippen molar-refractivity contribution in [1.82, 2.24) is 25.3 Å². The van der Waals surface area contributed by atoms with Crippen molar-refractivity contribution in [2.45, 2.75) is 123 Å². The lowest BCUT2D eigenvalue weighted by Gasteiger charge is -2.39. The van der Waals surface area contributed by atoms with Crippen molar-refractivity contribution in [1.29, 1.82) is 0 Å². The van der Waals surface area contributed by atoms with Crippen LogP contribution in [-0.4, -0.2) is 134 Å². The average Bonchev–Trinajstić information content (AvgIpc) is 3.60. The summed E-state index contributed by atoms with van der Waals surface area (Å²) < 4.78 is 11.7. The highest BCUT2D eigenvalue weighted by Gasteiger charge is 2.42. The summed E-state index contributed by atoms with van der Waals surface area (Å²) in [6.45, 7) is 14.1. The molecule has 1 aliphatic rings. The Bertz CT molecular complexity index is 1270. The van der Waals surface area contributed by atoms with Crippen molar-refractivity contribution >= 4 is 29.6 Å². The van der Waals surface area contributed by atoms with Crippen LogP contribution in [-0.2, 0) is 39.9 Å². The molecule has 0 radical (unpaired) electrons. The number of methoxy groups -OCH3 is 2. The molecule has 3 N–H and O–H groups in total. The molecule has 2 rings (SSSR count). The quantitative estimate of drug-likeness (QED) is 0.180. The van der Waals surface area contributed by atoms with Crippen LogP contribution in [0.4, 0.5) is 0 Å². The van der Waals surface area contributed by atoms with Gasteiger partial charge in [0.2, 0.25) is 23.6 Å². The molecule has 1 fully saturated rings. The van der Waals surface area contributed by atoms with Crippen LogP contribution in [0.5, 0.6) is 0 Å². The van der Waals surface area contributed by atoms with Crippen molar-refractivity contribution < 1.29 is 38.6 Å². The molecule has 1 saturated heterocycles. The largest absolute Gasteiger partial charge is 0.480 e. The highest BCUT2D eigenvalue weighted by atomic mass is 16.5. The predicted octanol–water partition coefficient (Wildman–Crippen LogP) is 3.84. The van der Waals surface area contributed by atoms with E-state index in [1.165, 1.54) is 20.6 Å². The van der Waals surface area contributed by atoms with Crippen LogP contribution in [0.25, 0.3) is 0 Å². The highest BCUT2D eigenvalue weighted by molar-refractivity contribution is 5.88. The summed E-state index contributed by atoms with van der Waals surface area (Å²) in [4.78, 5) is 70.9. The van der Waals surface area contributed by atoms with Gasteiger partial charge in [0.05, 0.1) is 49.2 Å². The van der Waals surface area contributed by atoms with Gasteiger partial charge in [-0.25, -0.2) is 4.79 Å². The van der Waals surface area contributed by atoms with Gasteiger partial charge in [0.15, 0.2) is 0 Å². The zero-order valence-electron chi connectivity index (χ0n) is 34.4. The van der Waals surface area contributed by atoms with Crippen molar-refractivity contribution in [3.8, 4) is 0 Å². The average molecular weight is 748 g/mol. The SMILES string of the molecule is CCC.CCC(C)C(C(CC(=O)N1CCCC1C(OC)C(C)C(=O)NC(Cc1ccccc1)C(=O)O)OC)N(C)C(=O)CNC(=O)C(C(C)C)N(C)C. The molecule has 1 heterocycles. The van der Waals surface area contributed by atoms with Crippen molar-refractivity contribution in [3.63, 3.8) is 0 Å².